The van der Waals surface area contributed by atoms with Crippen LogP contribution in [0, 0.1) is 11.8 Å². The zero-order chi connectivity index (χ0) is 22.2. The van der Waals surface area contributed by atoms with Gasteiger partial charge in [0, 0.05) is 51.6 Å². The second-order valence-corrected chi connectivity index (χ2v) is 9.45. The van der Waals surface area contributed by atoms with Crippen LogP contribution in [0.1, 0.15) is 49.6 Å². The van der Waals surface area contributed by atoms with Gasteiger partial charge in [-0.05, 0) is 49.8 Å². The predicted molar refractivity (Wildman–Crippen MR) is 126 cm³/mol. The highest BCUT2D eigenvalue weighted by molar-refractivity contribution is 5.76. The standard InChI is InChI=1S/C26H38N4O2/c1-2-3-9-25-18-24(28-32-25)16-23-19-27-11-10-22(23)17-26(31)30-14-12-29(13-15-30)20-21-7-5-4-6-8-21/h4-8,18,22-23,27H,2-3,9-17,19-20H2,1H3/t22-,23+/m0/s1. The Morgan fingerprint density at radius 1 is 1.16 bits per heavy atom. The lowest BCUT2D eigenvalue weighted by atomic mass is 9.81. The summed E-state index contributed by atoms with van der Waals surface area (Å²) in [6.07, 6.45) is 5.87. The third-order valence-electron chi connectivity index (χ3n) is 7.03. The van der Waals surface area contributed by atoms with Crippen LogP contribution in [0.25, 0.3) is 0 Å². The van der Waals surface area contributed by atoms with Crippen molar-refractivity contribution < 1.29 is 9.32 Å². The summed E-state index contributed by atoms with van der Waals surface area (Å²) in [5.74, 6) is 2.18. The molecule has 3 heterocycles. The van der Waals surface area contributed by atoms with Gasteiger partial charge < -0.3 is 14.7 Å². The van der Waals surface area contributed by atoms with Crippen LogP contribution in [0.15, 0.2) is 40.9 Å². The smallest absolute Gasteiger partial charge is 0.222 e. The summed E-state index contributed by atoms with van der Waals surface area (Å²) in [4.78, 5) is 17.6. The van der Waals surface area contributed by atoms with Crippen molar-refractivity contribution in [2.24, 2.45) is 11.8 Å². The highest BCUT2D eigenvalue weighted by atomic mass is 16.5. The van der Waals surface area contributed by atoms with Crippen LogP contribution >= 0.6 is 0 Å². The van der Waals surface area contributed by atoms with E-state index in [0.717, 1.165) is 89.4 Å². The van der Waals surface area contributed by atoms with Crippen molar-refractivity contribution in [3.8, 4) is 0 Å². The molecule has 6 heteroatoms. The molecule has 2 aliphatic rings. The molecule has 2 aliphatic heterocycles. The Balaban J connectivity index is 1.25. The van der Waals surface area contributed by atoms with Crippen molar-refractivity contribution in [2.75, 3.05) is 39.3 Å². The summed E-state index contributed by atoms with van der Waals surface area (Å²) in [6, 6.07) is 12.7. The minimum Gasteiger partial charge on any atom is -0.361 e. The van der Waals surface area contributed by atoms with Gasteiger partial charge in [0.05, 0.1) is 5.69 Å². The molecule has 0 saturated carbocycles. The Labute approximate surface area is 192 Å². The zero-order valence-corrected chi connectivity index (χ0v) is 19.5. The van der Waals surface area contributed by atoms with Crippen LogP contribution in [0.2, 0.25) is 0 Å². The Morgan fingerprint density at radius 3 is 2.75 bits per heavy atom. The fraction of sp³-hybridized carbons (Fsp3) is 0.615. The molecule has 0 bridgehead atoms. The molecule has 0 radical (unpaired) electrons. The van der Waals surface area contributed by atoms with Gasteiger partial charge in [-0.1, -0.05) is 48.8 Å². The molecule has 2 saturated heterocycles. The molecule has 0 aliphatic carbocycles. The third-order valence-corrected chi connectivity index (χ3v) is 7.03. The molecule has 2 aromatic rings. The predicted octanol–water partition coefficient (Wildman–Crippen LogP) is 3.52. The van der Waals surface area contributed by atoms with E-state index >= 15 is 0 Å². The van der Waals surface area contributed by atoms with E-state index < -0.39 is 0 Å². The Kier molecular flexibility index (Phi) is 8.35. The van der Waals surface area contributed by atoms with Crippen molar-refractivity contribution in [2.45, 2.75) is 52.0 Å². The molecule has 174 valence electrons. The fourth-order valence-corrected chi connectivity index (χ4v) is 5.02. The largest absolute Gasteiger partial charge is 0.361 e. The normalized spacial score (nSPS) is 22.2. The molecule has 1 amide bonds. The first kappa shape index (κ1) is 23.0. The number of piperazine rings is 1. The van der Waals surface area contributed by atoms with Crippen LogP contribution in [-0.4, -0.2) is 60.1 Å². The molecule has 1 N–H and O–H groups in total. The Bertz CT molecular complexity index is 829. The number of benzene rings is 1. The van der Waals surface area contributed by atoms with E-state index in [-0.39, 0.29) is 0 Å². The van der Waals surface area contributed by atoms with E-state index in [0.29, 0.717) is 24.2 Å². The molecule has 1 aromatic heterocycles. The maximum absolute atomic E-state index is 13.1. The Hall–Kier alpha value is -2.18. The van der Waals surface area contributed by atoms with Gasteiger partial charge in [0.25, 0.3) is 0 Å². The number of aromatic nitrogens is 1. The van der Waals surface area contributed by atoms with E-state index in [1.807, 2.05) is 0 Å². The van der Waals surface area contributed by atoms with E-state index in [9.17, 15) is 4.79 Å². The van der Waals surface area contributed by atoms with E-state index in [2.05, 4.69) is 63.6 Å². The maximum Gasteiger partial charge on any atom is 0.222 e. The second-order valence-electron chi connectivity index (χ2n) is 9.45. The molecule has 0 spiro atoms. The van der Waals surface area contributed by atoms with Crippen molar-refractivity contribution in [3.63, 3.8) is 0 Å². The molecular weight excluding hydrogens is 400 g/mol. The summed E-state index contributed by atoms with van der Waals surface area (Å²) in [5.41, 5.74) is 2.38. The van der Waals surface area contributed by atoms with Crippen molar-refractivity contribution in [3.05, 3.63) is 53.4 Å². The van der Waals surface area contributed by atoms with Gasteiger partial charge in [0.1, 0.15) is 5.76 Å². The highest BCUT2D eigenvalue weighted by Crippen LogP contribution is 2.27. The van der Waals surface area contributed by atoms with Crippen molar-refractivity contribution in [1.29, 1.82) is 0 Å². The highest BCUT2D eigenvalue weighted by Gasteiger charge is 2.30. The van der Waals surface area contributed by atoms with Crippen molar-refractivity contribution in [1.82, 2.24) is 20.3 Å². The first-order chi connectivity index (χ1) is 15.7. The lowest BCUT2D eigenvalue weighted by Gasteiger charge is -2.37. The number of carbonyl (C=O) groups is 1. The average Bonchev–Trinajstić information content (AvgIpc) is 3.27. The van der Waals surface area contributed by atoms with Crippen LogP contribution in [-0.2, 0) is 24.2 Å². The number of unbranched alkanes of at least 4 members (excludes halogenated alkanes) is 1. The minimum atomic E-state index is 0.324. The van der Waals surface area contributed by atoms with Gasteiger partial charge in [-0.3, -0.25) is 9.69 Å². The fourth-order valence-electron chi connectivity index (χ4n) is 5.02. The molecule has 4 rings (SSSR count). The third kappa shape index (κ3) is 6.42. The second kappa shape index (κ2) is 11.6. The molecular formula is C26H38N4O2. The lowest BCUT2D eigenvalue weighted by Crippen LogP contribution is -2.49. The van der Waals surface area contributed by atoms with Gasteiger partial charge >= 0.3 is 0 Å². The van der Waals surface area contributed by atoms with Gasteiger partial charge in [-0.25, -0.2) is 0 Å². The number of piperidine rings is 1. The monoisotopic (exact) mass is 438 g/mol. The summed E-state index contributed by atoms with van der Waals surface area (Å²) in [6.45, 7) is 8.70. The number of carbonyl (C=O) groups excluding carboxylic acids is 1. The number of amides is 1. The number of nitrogens with one attached hydrogen (secondary N) is 1. The summed E-state index contributed by atoms with van der Waals surface area (Å²) in [7, 11) is 0. The lowest BCUT2D eigenvalue weighted by molar-refractivity contribution is -0.134. The molecule has 2 atom stereocenters. The number of hydrogen-bond acceptors (Lipinski definition) is 5. The van der Waals surface area contributed by atoms with Gasteiger partial charge in [-0.15, -0.1) is 0 Å². The van der Waals surface area contributed by atoms with Gasteiger partial charge in [0.2, 0.25) is 5.91 Å². The van der Waals surface area contributed by atoms with E-state index in [1.165, 1.54) is 5.56 Å². The van der Waals surface area contributed by atoms with Crippen molar-refractivity contribution >= 4 is 5.91 Å². The van der Waals surface area contributed by atoms with E-state index in [4.69, 9.17) is 4.52 Å². The van der Waals surface area contributed by atoms with Gasteiger partial charge in [-0.2, -0.15) is 0 Å². The quantitative estimate of drug-likeness (QED) is 0.649. The first-order valence-electron chi connectivity index (χ1n) is 12.4. The molecule has 0 unspecified atom stereocenters. The zero-order valence-electron chi connectivity index (χ0n) is 19.5. The maximum atomic E-state index is 13.1. The van der Waals surface area contributed by atoms with Crippen LogP contribution in [0.3, 0.4) is 0 Å². The number of rotatable bonds is 9. The van der Waals surface area contributed by atoms with Gasteiger partial charge in [0.15, 0.2) is 0 Å². The summed E-state index contributed by atoms with van der Waals surface area (Å²) < 4.78 is 5.52. The van der Waals surface area contributed by atoms with Crippen LogP contribution in [0.5, 0.6) is 0 Å². The molecule has 1 aromatic carbocycles. The first-order valence-corrected chi connectivity index (χ1v) is 12.4. The number of hydrogen-bond donors (Lipinski definition) is 1. The molecule has 6 nitrogen and oxygen atoms in total. The minimum absolute atomic E-state index is 0.324. The van der Waals surface area contributed by atoms with E-state index in [1.54, 1.807) is 0 Å². The summed E-state index contributed by atoms with van der Waals surface area (Å²) >= 11 is 0. The number of aryl methyl sites for hydroxylation is 1. The molecule has 32 heavy (non-hydrogen) atoms. The Morgan fingerprint density at radius 2 is 1.97 bits per heavy atom. The van der Waals surface area contributed by atoms with Crippen LogP contribution < -0.4 is 5.32 Å². The molecule has 2 fully saturated rings. The number of nitrogens with zero attached hydrogens (tertiary/aromatic N) is 3. The average molecular weight is 439 g/mol. The summed E-state index contributed by atoms with van der Waals surface area (Å²) in [5, 5.41) is 7.82. The topological polar surface area (TPSA) is 61.6 Å². The SMILES string of the molecule is CCCCc1cc(C[C@@H]2CNCC[C@H]2CC(=O)N2CCN(Cc3ccccc3)CC2)no1. The van der Waals surface area contributed by atoms with Crippen LogP contribution in [0.4, 0.5) is 0 Å².